The fourth-order valence-electron chi connectivity index (χ4n) is 2.50. The Morgan fingerprint density at radius 1 is 1.10 bits per heavy atom. The van der Waals surface area contributed by atoms with Crippen LogP contribution in [0.3, 0.4) is 0 Å². The molecule has 102 valence electrons. The van der Waals surface area contributed by atoms with Crippen LogP contribution in [0.25, 0.3) is 21.9 Å². The van der Waals surface area contributed by atoms with Crippen LogP contribution in [0.15, 0.2) is 18.2 Å². The Labute approximate surface area is 117 Å². The normalized spacial score (nSPS) is 11.3. The van der Waals surface area contributed by atoms with Gasteiger partial charge in [0.15, 0.2) is 5.65 Å². The van der Waals surface area contributed by atoms with Crippen LogP contribution >= 0.6 is 0 Å². The number of nitrogens with two attached hydrogens (primary N) is 1. The van der Waals surface area contributed by atoms with Crippen LogP contribution in [0.2, 0.25) is 0 Å². The summed E-state index contributed by atoms with van der Waals surface area (Å²) in [4.78, 5) is 13.4. The number of nitrogens with one attached hydrogen (secondary N) is 1. The minimum Gasteiger partial charge on any atom is -0.383 e. The SMILES string of the molecule is CNCc1nc(N)c2cc3cc(C)cc(C)c3nc2n1. The lowest BCUT2D eigenvalue weighted by molar-refractivity contribution is 0.765. The molecule has 5 nitrogen and oxygen atoms in total. The molecule has 1 aromatic carbocycles. The van der Waals surface area contributed by atoms with Crippen molar-refractivity contribution in [2.45, 2.75) is 20.4 Å². The van der Waals surface area contributed by atoms with Gasteiger partial charge in [0, 0.05) is 5.39 Å². The molecule has 0 spiro atoms. The molecular formula is C15H17N5. The van der Waals surface area contributed by atoms with Crippen LogP contribution in [-0.2, 0) is 6.54 Å². The molecule has 0 amide bonds. The largest absolute Gasteiger partial charge is 0.383 e. The summed E-state index contributed by atoms with van der Waals surface area (Å²) in [5.41, 5.74) is 10.0. The Balaban J connectivity index is 2.35. The third-order valence-electron chi connectivity index (χ3n) is 3.33. The molecule has 0 saturated heterocycles. The fraction of sp³-hybridized carbons (Fsp3) is 0.267. The minimum absolute atomic E-state index is 0.480. The average molecular weight is 267 g/mol. The van der Waals surface area contributed by atoms with E-state index in [1.807, 2.05) is 13.1 Å². The summed E-state index contributed by atoms with van der Waals surface area (Å²) >= 11 is 0. The van der Waals surface area contributed by atoms with Gasteiger partial charge < -0.3 is 11.1 Å². The molecule has 2 aromatic heterocycles. The number of aromatic nitrogens is 3. The quantitative estimate of drug-likeness (QED) is 0.695. The zero-order valence-corrected chi connectivity index (χ0v) is 11.9. The molecule has 0 aliphatic rings. The molecule has 0 saturated carbocycles. The number of nitrogens with zero attached hydrogens (tertiary/aromatic N) is 3. The van der Waals surface area contributed by atoms with E-state index in [-0.39, 0.29) is 0 Å². The molecule has 2 heterocycles. The van der Waals surface area contributed by atoms with Gasteiger partial charge in [0.1, 0.15) is 11.6 Å². The molecule has 0 aliphatic heterocycles. The number of aryl methyl sites for hydroxylation is 2. The third kappa shape index (κ3) is 2.06. The van der Waals surface area contributed by atoms with Gasteiger partial charge in [-0.2, -0.15) is 0 Å². The van der Waals surface area contributed by atoms with E-state index in [9.17, 15) is 0 Å². The zero-order valence-electron chi connectivity index (χ0n) is 11.9. The Morgan fingerprint density at radius 3 is 2.65 bits per heavy atom. The molecule has 0 bridgehead atoms. The highest BCUT2D eigenvalue weighted by Gasteiger charge is 2.09. The van der Waals surface area contributed by atoms with Gasteiger partial charge in [-0.1, -0.05) is 11.6 Å². The highest BCUT2D eigenvalue weighted by atomic mass is 15.0. The van der Waals surface area contributed by atoms with Gasteiger partial charge >= 0.3 is 0 Å². The topological polar surface area (TPSA) is 76.7 Å². The molecule has 0 fully saturated rings. The lowest BCUT2D eigenvalue weighted by atomic mass is 10.1. The average Bonchev–Trinajstić information content (AvgIpc) is 2.38. The Morgan fingerprint density at radius 2 is 1.90 bits per heavy atom. The zero-order chi connectivity index (χ0) is 14.3. The van der Waals surface area contributed by atoms with Crippen molar-refractivity contribution >= 4 is 27.8 Å². The molecule has 3 N–H and O–H groups in total. The van der Waals surface area contributed by atoms with E-state index in [0.29, 0.717) is 23.8 Å². The molecular weight excluding hydrogens is 250 g/mol. The van der Waals surface area contributed by atoms with E-state index >= 15 is 0 Å². The van der Waals surface area contributed by atoms with Crippen LogP contribution in [-0.4, -0.2) is 22.0 Å². The van der Waals surface area contributed by atoms with Crippen molar-refractivity contribution in [1.82, 2.24) is 20.3 Å². The molecule has 0 aliphatic carbocycles. The van der Waals surface area contributed by atoms with E-state index in [1.54, 1.807) is 0 Å². The van der Waals surface area contributed by atoms with E-state index in [1.165, 1.54) is 5.56 Å². The van der Waals surface area contributed by atoms with Crippen LogP contribution in [0.4, 0.5) is 5.82 Å². The summed E-state index contributed by atoms with van der Waals surface area (Å²) in [6.07, 6.45) is 0. The molecule has 3 aromatic rings. The Kier molecular flexibility index (Phi) is 2.99. The van der Waals surface area contributed by atoms with Gasteiger partial charge in [-0.05, 0) is 38.6 Å². The summed E-state index contributed by atoms with van der Waals surface area (Å²) in [5, 5.41) is 4.91. The summed E-state index contributed by atoms with van der Waals surface area (Å²) in [6, 6.07) is 6.26. The van der Waals surface area contributed by atoms with E-state index < -0.39 is 0 Å². The van der Waals surface area contributed by atoms with Crippen molar-refractivity contribution in [2.75, 3.05) is 12.8 Å². The maximum atomic E-state index is 6.04. The predicted molar refractivity (Wildman–Crippen MR) is 81.5 cm³/mol. The highest BCUT2D eigenvalue weighted by Crippen LogP contribution is 2.25. The van der Waals surface area contributed by atoms with Crippen molar-refractivity contribution in [2.24, 2.45) is 0 Å². The van der Waals surface area contributed by atoms with Crippen molar-refractivity contribution in [3.05, 3.63) is 35.2 Å². The van der Waals surface area contributed by atoms with Gasteiger partial charge in [0.25, 0.3) is 0 Å². The monoisotopic (exact) mass is 267 g/mol. The second-order valence-electron chi connectivity index (χ2n) is 5.07. The number of pyridine rings is 1. The summed E-state index contributed by atoms with van der Waals surface area (Å²) in [5.74, 6) is 1.14. The van der Waals surface area contributed by atoms with Crippen molar-refractivity contribution in [1.29, 1.82) is 0 Å². The molecule has 5 heteroatoms. The number of nitrogen functional groups attached to an aromatic ring is 1. The van der Waals surface area contributed by atoms with Gasteiger partial charge in [-0.25, -0.2) is 15.0 Å². The first-order valence-corrected chi connectivity index (χ1v) is 6.57. The van der Waals surface area contributed by atoms with Crippen LogP contribution in [0.5, 0.6) is 0 Å². The smallest absolute Gasteiger partial charge is 0.165 e. The molecule has 3 rings (SSSR count). The number of anilines is 1. The van der Waals surface area contributed by atoms with Crippen LogP contribution in [0, 0.1) is 13.8 Å². The summed E-state index contributed by atoms with van der Waals surface area (Å²) in [6.45, 7) is 4.71. The highest BCUT2D eigenvalue weighted by molar-refractivity contribution is 5.97. The fourth-order valence-corrected chi connectivity index (χ4v) is 2.50. The summed E-state index contributed by atoms with van der Waals surface area (Å²) in [7, 11) is 1.85. The van der Waals surface area contributed by atoms with Crippen molar-refractivity contribution in [3.8, 4) is 0 Å². The first-order valence-electron chi connectivity index (χ1n) is 6.57. The Bertz CT molecular complexity index is 810. The Hall–Kier alpha value is -2.27. The van der Waals surface area contributed by atoms with E-state index in [0.717, 1.165) is 21.9 Å². The van der Waals surface area contributed by atoms with Crippen LogP contribution < -0.4 is 11.1 Å². The molecule has 0 atom stereocenters. The van der Waals surface area contributed by atoms with Gasteiger partial charge in [0.2, 0.25) is 0 Å². The van der Waals surface area contributed by atoms with Crippen molar-refractivity contribution < 1.29 is 0 Å². The van der Waals surface area contributed by atoms with Gasteiger partial charge in [-0.15, -0.1) is 0 Å². The van der Waals surface area contributed by atoms with Gasteiger partial charge in [0.05, 0.1) is 17.4 Å². The number of hydrogen-bond donors (Lipinski definition) is 2. The number of benzene rings is 1. The van der Waals surface area contributed by atoms with E-state index in [2.05, 4.69) is 46.2 Å². The van der Waals surface area contributed by atoms with Crippen LogP contribution in [0.1, 0.15) is 17.0 Å². The molecule has 20 heavy (non-hydrogen) atoms. The lowest BCUT2D eigenvalue weighted by Gasteiger charge is -2.08. The predicted octanol–water partition coefficient (Wildman–Crippen LogP) is 2.10. The van der Waals surface area contributed by atoms with E-state index in [4.69, 9.17) is 5.73 Å². The minimum atomic E-state index is 0.480. The molecule has 0 unspecified atom stereocenters. The summed E-state index contributed by atoms with van der Waals surface area (Å²) < 4.78 is 0. The number of fused-ring (bicyclic) bond motifs is 2. The van der Waals surface area contributed by atoms with Gasteiger partial charge in [-0.3, -0.25) is 0 Å². The molecule has 0 radical (unpaired) electrons. The second-order valence-corrected chi connectivity index (χ2v) is 5.07. The second kappa shape index (κ2) is 4.68. The maximum Gasteiger partial charge on any atom is 0.165 e. The first kappa shape index (κ1) is 12.7. The number of hydrogen-bond acceptors (Lipinski definition) is 5. The van der Waals surface area contributed by atoms with Crippen molar-refractivity contribution in [3.63, 3.8) is 0 Å². The maximum absolute atomic E-state index is 6.04. The lowest BCUT2D eigenvalue weighted by Crippen LogP contribution is -2.11. The standard InChI is InChI=1S/C15H17N5/c1-8-4-9(2)13-10(5-8)6-11-14(16)18-12(7-17-3)19-15(11)20-13/h4-6,17H,7H2,1-3H3,(H2,16,18,19,20). The first-order chi connectivity index (χ1) is 9.58. The number of rotatable bonds is 2. The third-order valence-corrected chi connectivity index (χ3v) is 3.33.